The van der Waals surface area contributed by atoms with Crippen LogP contribution in [0.3, 0.4) is 0 Å². The third-order valence-electron chi connectivity index (χ3n) is 5.08. The van der Waals surface area contributed by atoms with Gasteiger partial charge in [0.05, 0.1) is 5.56 Å². The Morgan fingerprint density at radius 3 is 2.39 bits per heavy atom. The molecule has 1 aliphatic rings. The van der Waals surface area contributed by atoms with Crippen molar-refractivity contribution in [3.63, 3.8) is 0 Å². The van der Waals surface area contributed by atoms with Crippen molar-refractivity contribution in [2.24, 2.45) is 0 Å². The lowest BCUT2D eigenvalue weighted by Gasteiger charge is -2.11. The minimum atomic E-state index is -0.241. The van der Waals surface area contributed by atoms with Crippen LogP contribution in [-0.4, -0.2) is 11.7 Å². The molecular weight excluding hydrogens is 348 g/mol. The van der Waals surface area contributed by atoms with Crippen LogP contribution in [0.2, 0.25) is 0 Å². The predicted octanol–water partition coefficient (Wildman–Crippen LogP) is 3.76. The van der Waals surface area contributed by atoms with Crippen LogP contribution in [0.5, 0.6) is 0 Å². The van der Waals surface area contributed by atoms with Crippen LogP contribution in [0.1, 0.15) is 48.5 Å². The number of amides is 1. The molecule has 1 heterocycles. The number of aryl methyl sites for hydroxylation is 1. The summed E-state index contributed by atoms with van der Waals surface area (Å²) in [5, 5.41) is 6.27. The van der Waals surface area contributed by atoms with Crippen molar-refractivity contribution in [3.05, 3.63) is 106 Å². The molecule has 0 bridgehead atoms. The van der Waals surface area contributed by atoms with Crippen molar-refractivity contribution in [1.82, 2.24) is 10.6 Å². The Kier molecular flexibility index (Phi) is 5.04. The molecule has 140 valence electrons. The fourth-order valence-corrected chi connectivity index (χ4v) is 3.48. The van der Waals surface area contributed by atoms with Gasteiger partial charge in [0.25, 0.3) is 5.91 Å². The molecule has 3 aromatic carbocycles. The summed E-state index contributed by atoms with van der Waals surface area (Å²) in [5.74, 6) is -0.385. The average molecular weight is 370 g/mol. The fraction of sp³-hybridized carbons (Fsp3) is 0.167. The summed E-state index contributed by atoms with van der Waals surface area (Å²) in [6, 6.07) is 20.6. The van der Waals surface area contributed by atoms with Gasteiger partial charge in [0.2, 0.25) is 0 Å². The van der Waals surface area contributed by atoms with Crippen LogP contribution in [0, 0.1) is 6.92 Å². The first-order valence-corrected chi connectivity index (χ1v) is 9.42. The number of ketones is 1. The molecule has 0 saturated heterocycles. The largest absolute Gasteiger partial charge is 0.348 e. The standard InChI is InChI=1S/C24H22N2O2/c1-16-6-9-18(10-7-16)23(27)21-4-2-3-5-22(21)24(28)26-13-17-8-11-19-14-25-15-20(19)12-17/h2-12,25H,13-15H2,1H3,(H,26,28). The fourth-order valence-electron chi connectivity index (χ4n) is 3.48. The van der Waals surface area contributed by atoms with E-state index < -0.39 is 0 Å². The van der Waals surface area contributed by atoms with Gasteiger partial charge in [-0.2, -0.15) is 0 Å². The molecule has 1 amide bonds. The third kappa shape index (κ3) is 3.73. The number of hydrogen-bond donors (Lipinski definition) is 2. The Labute approximate surface area is 164 Å². The van der Waals surface area contributed by atoms with Crippen LogP contribution < -0.4 is 10.6 Å². The zero-order valence-corrected chi connectivity index (χ0v) is 15.8. The molecule has 0 atom stereocenters. The maximum atomic E-state index is 12.9. The summed E-state index contributed by atoms with van der Waals surface area (Å²) < 4.78 is 0. The summed E-state index contributed by atoms with van der Waals surface area (Å²) in [5.41, 5.74) is 6.13. The van der Waals surface area contributed by atoms with E-state index in [1.165, 1.54) is 11.1 Å². The van der Waals surface area contributed by atoms with E-state index in [2.05, 4.69) is 22.8 Å². The van der Waals surface area contributed by atoms with Crippen molar-refractivity contribution in [3.8, 4) is 0 Å². The first-order chi connectivity index (χ1) is 13.6. The summed E-state index contributed by atoms with van der Waals surface area (Å²) in [6.45, 7) is 4.17. The van der Waals surface area contributed by atoms with Gasteiger partial charge in [-0.25, -0.2) is 0 Å². The highest BCUT2D eigenvalue weighted by Crippen LogP contribution is 2.18. The van der Waals surface area contributed by atoms with Crippen molar-refractivity contribution >= 4 is 11.7 Å². The molecule has 0 aliphatic carbocycles. The highest BCUT2D eigenvalue weighted by molar-refractivity contribution is 6.15. The molecule has 0 radical (unpaired) electrons. The molecule has 0 unspecified atom stereocenters. The monoisotopic (exact) mass is 370 g/mol. The van der Waals surface area contributed by atoms with Crippen molar-refractivity contribution in [1.29, 1.82) is 0 Å². The molecule has 1 aliphatic heterocycles. The molecule has 4 nitrogen and oxygen atoms in total. The molecule has 0 spiro atoms. The van der Waals surface area contributed by atoms with Gasteiger partial charge in [-0.3, -0.25) is 9.59 Å². The molecule has 0 fully saturated rings. The summed E-state index contributed by atoms with van der Waals surface area (Å²) >= 11 is 0. The highest BCUT2D eigenvalue weighted by atomic mass is 16.2. The second-order valence-corrected chi connectivity index (χ2v) is 7.13. The van der Waals surface area contributed by atoms with Gasteiger partial charge in [-0.05, 0) is 29.7 Å². The maximum Gasteiger partial charge on any atom is 0.252 e. The zero-order chi connectivity index (χ0) is 19.5. The lowest BCUT2D eigenvalue weighted by atomic mass is 9.97. The number of hydrogen-bond acceptors (Lipinski definition) is 3. The highest BCUT2D eigenvalue weighted by Gasteiger charge is 2.18. The van der Waals surface area contributed by atoms with Crippen molar-refractivity contribution in [2.75, 3.05) is 0 Å². The Bertz CT molecular complexity index is 1040. The van der Waals surface area contributed by atoms with E-state index in [0.717, 1.165) is 24.2 Å². The van der Waals surface area contributed by atoms with Crippen LogP contribution in [0.4, 0.5) is 0 Å². The van der Waals surface area contributed by atoms with Crippen molar-refractivity contribution in [2.45, 2.75) is 26.6 Å². The van der Waals surface area contributed by atoms with E-state index in [0.29, 0.717) is 23.2 Å². The van der Waals surface area contributed by atoms with Gasteiger partial charge < -0.3 is 10.6 Å². The lowest BCUT2D eigenvalue weighted by Crippen LogP contribution is -2.25. The topological polar surface area (TPSA) is 58.2 Å². The average Bonchev–Trinajstić information content (AvgIpc) is 3.20. The Morgan fingerprint density at radius 2 is 1.61 bits per heavy atom. The minimum Gasteiger partial charge on any atom is -0.348 e. The van der Waals surface area contributed by atoms with E-state index >= 15 is 0 Å². The van der Waals surface area contributed by atoms with Gasteiger partial charge in [0.1, 0.15) is 0 Å². The number of nitrogens with one attached hydrogen (secondary N) is 2. The molecule has 4 rings (SSSR count). The van der Waals surface area contributed by atoms with Gasteiger partial charge in [-0.15, -0.1) is 0 Å². The van der Waals surface area contributed by atoms with Crippen LogP contribution in [-0.2, 0) is 19.6 Å². The Balaban J connectivity index is 1.52. The molecular formula is C24H22N2O2. The third-order valence-corrected chi connectivity index (χ3v) is 5.08. The normalized spacial score (nSPS) is 12.5. The Morgan fingerprint density at radius 1 is 0.893 bits per heavy atom. The van der Waals surface area contributed by atoms with Gasteiger partial charge >= 0.3 is 0 Å². The van der Waals surface area contributed by atoms with E-state index in [-0.39, 0.29) is 11.7 Å². The molecule has 3 aromatic rings. The SMILES string of the molecule is Cc1ccc(C(=O)c2ccccc2C(=O)NCc2ccc3c(c2)CNC3)cc1. The number of fused-ring (bicyclic) bond motifs is 1. The number of benzene rings is 3. The quantitative estimate of drug-likeness (QED) is 0.673. The number of carbonyl (C=O) groups excluding carboxylic acids is 2. The summed E-state index contributed by atoms with van der Waals surface area (Å²) in [6.07, 6.45) is 0. The molecule has 28 heavy (non-hydrogen) atoms. The van der Waals surface area contributed by atoms with Gasteiger partial charge in [0.15, 0.2) is 5.78 Å². The summed E-state index contributed by atoms with van der Waals surface area (Å²) in [4.78, 5) is 25.7. The zero-order valence-electron chi connectivity index (χ0n) is 15.8. The molecule has 4 heteroatoms. The second kappa shape index (κ2) is 7.79. The van der Waals surface area contributed by atoms with Crippen LogP contribution >= 0.6 is 0 Å². The lowest BCUT2D eigenvalue weighted by molar-refractivity contribution is 0.0939. The van der Waals surface area contributed by atoms with Gasteiger partial charge in [-0.1, -0.05) is 66.2 Å². The predicted molar refractivity (Wildman–Crippen MR) is 109 cm³/mol. The second-order valence-electron chi connectivity index (χ2n) is 7.13. The van der Waals surface area contributed by atoms with Crippen molar-refractivity contribution < 1.29 is 9.59 Å². The maximum absolute atomic E-state index is 12.9. The van der Waals surface area contributed by atoms with E-state index in [4.69, 9.17) is 0 Å². The van der Waals surface area contributed by atoms with Gasteiger partial charge in [0, 0.05) is 30.8 Å². The number of carbonyl (C=O) groups is 2. The minimum absolute atomic E-state index is 0.144. The van der Waals surface area contributed by atoms with E-state index in [1.54, 1.807) is 36.4 Å². The van der Waals surface area contributed by atoms with E-state index in [1.807, 2.05) is 25.1 Å². The van der Waals surface area contributed by atoms with Crippen LogP contribution in [0.15, 0.2) is 66.7 Å². The molecule has 0 saturated carbocycles. The Hall–Kier alpha value is -3.24. The smallest absolute Gasteiger partial charge is 0.252 e. The van der Waals surface area contributed by atoms with Crippen LogP contribution in [0.25, 0.3) is 0 Å². The van der Waals surface area contributed by atoms with E-state index in [9.17, 15) is 9.59 Å². The molecule has 0 aromatic heterocycles. The summed E-state index contributed by atoms with van der Waals surface area (Å²) in [7, 11) is 0. The molecule has 2 N–H and O–H groups in total. The first-order valence-electron chi connectivity index (χ1n) is 9.42. The first kappa shape index (κ1) is 18.1. The number of rotatable bonds is 5.